The molecule has 0 atom stereocenters. The van der Waals surface area contributed by atoms with Crippen molar-refractivity contribution in [1.82, 2.24) is 9.78 Å². The van der Waals surface area contributed by atoms with Crippen molar-refractivity contribution in [3.8, 4) is 17.0 Å². The average molecular weight is 392 g/mol. The Morgan fingerprint density at radius 2 is 1.96 bits per heavy atom. The second kappa shape index (κ2) is 5.90. The summed E-state index contributed by atoms with van der Waals surface area (Å²) in [6.07, 6.45) is -2.47. The highest BCUT2D eigenvalue weighted by atomic mass is 35.5. The molecular formula is C14H9ClF3N3O3S. The van der Waals surface area contributed by atoms with Gasteiger partial charge in [-0.2, -0.15) is 18.3 Å². The molecule has 0 aliphatic carbocycles. The molecule has 0 unspecified atom stereocenters. The second-order valence-corrected chi connectivity index (χ2v) is 6.87. The van der Waals surface area contributed by atoms with E-state index in [0.717, 1.165) is 16.8 Å². The Morgan fingerprint density at radius 1 is 1.24 bits per heavy atom. The van der Waals surface area contributed by atoms with Crippen LogP contribution in [0.3, 0.4) is 0 Å². The minimum Gasteiger partial charge on any atom is -0.445 e. The van der Waals surface area contributed by atoms with Crippen LogP contribution in [0.15, 0.2) is 52.0 Å². The van der Waals surface area contributed by atoms with Crippen molar-refractivity contribution in [3.63, 3.8) is 0 Å². The Balaban J connectivity index is 2.42. The van der Waals surface area contributed by atoms with Crippen LogP contribution in [0.2, 0.25) is 5.22 Å². The first-order valence-electron chi connectivity index (χ1n) is 6.61. The van der Waals surface area contributed by atoms with Gasteiger partial charge in [0.1, 0.15) is 10.7 Å². The first-order chi connectivity index (χ1) is 11.6. The number of benzene rings is 1. The van der Waals surface area contributed by atoms with E-state index in [2.05, 4.69) is 5.10 Å². The number of furan rings is 1. The summed E-state index contributed by atoms with van der Waals surface area (Å²) in [5, 5.41) is 8.77. The molecule has 3 aromatic rings. The van der Waals surface area contributed by atoms with E-state index in [1.54, 1.807) is 0 Å². The van der Waals surface area contributed by atoms with E-state index in [-0.39, 0.29) is 16.5 Å². The SMILES string of the molecule is NS(=O)(=O)c1cc(-c2ccc(Cl)o2)cc(C(F)(F)F)c1-n1cccn1. The van der Waals surface area contributed by atoms with Crippen LogP contribution >= 0.6 is 11.6 Å². The number of rotatable bonds is 3. The summed E-state index contributed by atoms with van der Waals surface area (Å²) in [7, 11) is -4.50. The Bertz CT molecular complexity index is 1030. The maximum atomic E-state index is 13.6. The maximum Gasteiger partial charge on any atom is 0.418 e. The number of alkyl halides is 3. The first-order valence-corrected chi connectivity index (χ1v) is 8.53. The molecule has 11 heteroatoms. The number of sulfonamides is 1. The summed E-state index contributed by atoms with van der Waals surface area (Å²) < 4.78 is 70.5. The van der Waals surface area contributed by atoms with Crippen molar-refractivity contribution >= 4 is 21.6 Å². The van der Waals surface area contributed by atoms with Gasteiger partial charge in [-0.25, -0.2) is 18.2 Å². The number of hydrogen-bond donors (Lipinski definition) is 1. The van der Waals surface area contributed by atoms with Gasteiger partial charge in [-0.05, 0) is 41.9 Å². The maximum absolute atomic E-state index is 13.6. The predicted octanol–water partition coefficient (Wildman–Crippen LogP) is 3.45. The first kappa shape index (κ1) is 17.5. The van der Waals surface area contributed by atoms with E-state index >= 15 is 0 Å². The molecular weight excluding hydrogens is 383 g/mol. The fourth-order valence-electron chi connectivity index (χ4n) is 2.29. The third kappa shape index (κ3) is 3.41. The van der Waals surface area contributed by atoms with E-state index in [0.29, 0.717) is 0 Å². The molecule has 0 aliphatic heterocycles. The summed E-state index contributed by atoms with van der Waals surface area (Å²) in [5.41, 5.74) is -2.06. The standard InChI is InChI=1S/C14H9ClF3N3O3S/c15-12-3-2-10(24-12)8-6-9(14(16,17)18)13(21-5-1-4-20-21)11(7-8)25(19,22)23/h1-7H,(H2,19,22,23). The molecule has 0 fully saturated rings. The van der Waals surface area contributed by atoms with Crippen molar-refractivity contribution < 1.29 is 26.0 Å². The van der Waals surface area contributed by atoms with Gasteiger partial charge >= 0.3 is 6.18 Å². The van der Waals surface area contributed by atoms with Gasteiger partial charge < -0.3 is 4.42 Å². The van der Waals surface area contributed by atoms with Crippen LogP contribution in [-0.4, -0.2) is 18.2 Å². The van der Waals surface area contributed by atoms with Crippen LogP contribution in [0, 0.1) is 0 Å². The molecule has 2 N–H and O–H groups in total. The highest BCUT2D eigenvalue weighted by Crippen LogP contribution is 2.40. The summed E-state index contributed by atoms with van der Waals surface area (Å²) in [4.78, 5) is -0.742. The van der Waals surface area contributed by atoms with Gasteiger partial charge in [-0.1, -0.05) is 0 Å². The van der Waals surface area contributed by atoms with Crippen LogP contribution in [0.5, 0.6) is 0 Å². The molecule has 0 saturated heterocycles. The second-order valence-electron chi connectivity index (χ2n) is 4.97. The van der Waals surface area contributed by atoms with Gasteiger partial charge in [0.05, 0.1) is 11.3 Å². The molecule has 132 valence electrons. The fourth-order valence-corrected chi connectivity index (χ4v) is 3.20. The highest BCUT2D eigenvalue weighted by molar-refractivity contribution is 7.89. The number of hydrogen-bond acceptors (Lipinski definition) is 4. The lowest BCUT2D eigenvalue weighted by Crippen LogP contribution is -2.20. The van der Waals surface area contributed by atoms with E-state index in [1.165, 1.54) is 30.6 Å². The molecule has 0 bridgehead atoms. The lowest BCUT2D eigenvalue weighted by Gasteiger charge is -2.17. The quantitative estimate of drug-likeness (QED) is 0.740. The number of primary sulfonamides is 1. The summed E-state index contributed by atoms with van der Waals surface area (Å²) >= 11 is 5.64. The largest absolute Gasteiger partial charge is 0.445 e. The third-order valence-corrected chi connectivity index (χ3v) is 4.41. The van der Waals surface area contributed by atoms with Crippen LogP contribution in [-0.2, 0) is 16.2 Å². The van der Waals surface area contributed by atoms with Crippen molar-refractivity contribution in [2.24, 2.45) is 5.14 Å². The third-order valence-electron chi connectivity index (χ3n) is 3.28. The van der Waals surface area contributed by atoms with Gasteiger partial charge in [-0.15, -0.1) is 0 Å². The minimum absolute atomic E-state index is 0.0348. The smallest absolute Gasteiger partial charge is 0.418 e. The van der Waals surface area contributed by atoms with Crippen molar-refractivity contribution in [2.75, 3.05) is 0 Å². The topological polar surface area (TPSA) is 91.1 Å². The summed E-state index contributed by atoms with van der Waals surface area (Å²) in [6, 6.07) is 5.73. The van der Waals surface area contributed by atoms with Gasteiger partial charge in [0, 0.05) is 18.0 Å². The molecule has 2 heterocycles. The van der Waals surface area contributed by atoms with Crippen molar-refractivity contribution in [1.29, 1.82) is 0 Å². The zero-order valence-corrected chi connectivity index (χ0v) is 13.7. The van der Waals surface area contributed by atoms with Gasteiger partial charge in [-0.3, -0.25) is 0 Å². The predicted molar refractivity (Wildman–Crippen MR) is 82.7 cm³/mol. The molecule has 6 nitrogen and oxygen atoms in total. The molecule has 0 saturated carbocycles. The molecule has 0 spiro atoms. The summed E-state index contributed by atoms with van der Waals surface area (Å²) in [6.45, 7) is 0. The molecule has 0 radical (unpaired) electrons. The molecule has 2 aromatic heterocycles. The summed E-state index contributed by atoms with van der Waals surface area (Å²) in [5.74, 6) is -0.0348. The van der Waals surface area contributed by atoms with Gasteiger partial charge in [0.2, 0.25) is 10.0 Å². The number of aromatic nitrogens is 2. The zero-order valence-electron chi connectivity index (χ0n) is 12.2. The van der Waals surface area contributed by atoms with E-state index < -0.39 is 32.3 Å². The zero-order chi connectivity index (χ0) is 18.4. The minimum atomic E-state index is -4.87. The Hall–Kier alpha value is -2.30. The van der Waals surface area contributed by atoms with Crippen LogP contribution in [0.1, 0.15) is 5.56 Å². The molecule has 25 heavy (non-hydrogen) atoms. The number of halogens is 4. The van der Waals surface area contributed by atoms with Crippen molar-refractivity contribution in [2.45, 2.75) is 11.1 Å². The lowest BCUT2D eigenvalue weighted by molar-refractivity contribution is -0.137. The molecule has 0 amide bonds. The van der Waals surface area contributed by atoms with Gasteiger partial charge in [0.15, 0.2) is 5.22 Å². The van der Waals surface area contributed by atoms with Gasteiger partial charge in [0.25, 0.3) is 0 Å². The normalized spacial score (nSPS) is 12.5. The fraction of sp³-hybridized carbons (Fsp3) is 0.0714. The number of nitrogens with two attached hydrogens (primary N) is 1. The van der Waals surface area contributed by atoms with Crippen LogP contribution in [0.25, 0.3) is 17.0 Å². The number of nitrogens with zero attached hydrogens (tertiary/aromatic N) is 2. The van der Waals surface area contributed by atoms with Crippen LogP contribution in [0.4, 0.5) is 13.2 Å². The van der Waals surface area contributed by atoms with E-state index in [9.17, 15) is 21.6 Å². The van der Waals surface area contributed by atoms with E-state index in [1.807, 2.05) is 0 Å². The molecule has 3 rings (SSSR count). The molecule has 1 aromatic carbocycles. The lowest BCUT2D eigenvalue weighted by atomic mass is 10.1. The highest BCUT2D eigenvalue weighted by Gasteiger charge is 2.38. The van der Waals surface area contributed by atoms with E-state index in [4.69, 9.17) is 21.2 Å². The Labute approximate surface area is 144 Å². The van der Waals surface area contributed by atoms with Crippen LogP contribution < -0.4 is 5.14 Å². The van der Waals surface area contributed by atoms with Crippen molar-refractivity contribution in [3.05, 3.63) is 53.5 Å². The molecule has 0 aliphatic rings. The Morgan fingerprint density at radius 3 is 2.44 bits per heavy atom. The monoisotopic (exact) mass is 391 g/mol. The Kier molecular flexibility index (Phi) is 4.13. The average Bonchev–Trinajstić information content (AvgIpc) is 3.15.